The minimum atomic E-state index is -0.979. The predicted molar refractivity (Wildman–Crippen MR) is 67.4 cm³/mol. The van der Waals surface area contributed by atoms with Crippen LogP contribution in [0, 0.1) is 0 Å². The summed E-state index contributed by atoms with van der Waals surface area (Å²) in [6.07, 6.45) is 1.30. The second kappa shape index (κ2) is 6.37. The van der Waals surface area contributed by atoms with Gasteiger partial charge in [0.2, 0.25) is 5.91 Å². The first-order chi connectivity index (χ1) is 8.02. The van der Waals surface area contributed by atoms with Gasteiger partial charge in [0.1, 0.15) is 0 Å². The maximum Gasteiger partial charge on any atom is 0.237 e. The second-order valence-electron chi connectivity index (χ2n) is 4.38. The molecule has 0 aliphatic heterocycles. The van der Waals surface area contributed by atoms with Crippen LogP contribution in [0.2, 0.25) is 0 Å². The molecule has 1 amide bonds. The highest BCUT2D eigenvalue weighted by Crippen LogP contribution is 2.05. The molecule has 0 aliphatic carbocycles. The summed E-state index contributed by atoms with van der Waals surface area (Å²) in [6, 6.07) is 10.1. The summed E-state index contributed by atoms with van der Waals surface area (Å²) in [5.41, 5.74) is 11.1. The Labute approximate surface area is 102 Å². The molecule has 0 saturated heterocycles. The fraction of sp³-hybridized carbons (Fsp3) is 0.462. The van der Waals surface area contributed by atoms with Crippen LogP contribution < -0.4 is 11.5 Å². The summed E-state index contributed by atoms with van der Waals surface area (Å²) in [5, 5.41) is 0. The van der Waals surface area contributed by atoms with E-state index in [-0.39, 0.29) is 0 Å². The molecular weight excluding hydrogens is 216 g/mol. The lowest BCUT2D eigenvalue weighted by molar-refractivity contribution is -0.123. The van der Waals surface area contributed by atoms with Gasteiger partial charge in [0.05, 0.1) is 12.1 Å². The predicted octanol–water partition coefficient (Wildman–Crippen LogP) is 0.838. The molecule has 0 aromatic heterocycles. The SMILES string of the molecule is CC(N)(CCOCCc1ccccc1)C(N)=O. The number of amides is 1. The highest BCUT2D eigenvalue weighted by atomic mass is 16.5. The lowest BCUT2D eigenvalue weighted by Crippen LogP contribution is -2.50. The molecule has 1 unspecified atom stereocenters. The summed E-state index contributed by atoms with van der Waals surface area (Å²) >= 11 is 0. The van der Waals surface area contributed by atoms with Crippen LogP contribution in [0.4, 0.5) is 0 Å². The number of rotatable bonds is 7. The van der Waals surface area contributed by atoms with Crippen molar-refractivity contribution in [1.29, 1.82) is 0 Å². The number of carbonyl (C=O) groups excluding carboxylic acids is 1. The zero-order chi connectivity index (χ0) is 12.7. The summed E-state index contributed by atoms with van der Waals surface area (Å²) < 4.78 is 5.44. The Morgan fingerprint density at radius 3 is 2.53 bits per heavy atom. The Bertz CT molecular complexity index is 350. The third-order valence-electron chi connectivity index (χ3n) is 2.71. The Morgan fingerprint density at radius 2 is 1.94 bits per heavy atom. The van der Waals surface area contributed by atoms with Gasteiger partial charge in [-0.3, -0.25) is 4.79 Å². The molecular formula is C13H20N2O2. The van der Waals surface area contributed by atoms with Crippen molar-refractivity contribution in [2.75, 3.05) is 13.2 Å². The van der Waals surface area contributed by atoms with Crippen LogP contribution >= 0.6 is 0 Å². The third-order valence-corrected chi connectivity index (χ3v) is 2.71. The van der Waals surface area contributed by atoms with Gasteiger partial charge in [0.25, 0.3) is 0 Å². The zero-order valence-electron chi connectivity index (χ0n) is 10.2. The minimum absolute atomic E-state index is 0.442. The molecule has 0 radical (unpaired) electrons. The first-order valence-electron chi connectivity index (χ1n) is 5.73. The van der Waals surface area contributed by atoms with Gasteiger partial charge >= 0.3 is 0 Å². The van der Waals surface area contributed by atoms with Crippen molar-refractivity contribution in [3.8, 4) is 0 Å². The van der Waals surface area contributed by atoms with Crippen molar-refractivity contribution in [2.24, 2.45) is 11.5 Å². The fourth-order valence-electron chi connectivity index (χ4n) is 1.34. The fourth-order valence-corrected chi connectivity index (χ4v) is 1.34. The number of nitrogens with two attached hydrogens (primary N) is 2. The molecule has 1 atom stereocenters. The van der Waals surface area contributed by atoms with E-state index in [1.807, 2.05) is 18.2 Å². The Kier molecular flexibility index (Phi) is 5.12. The van der Waals surface area contributed by atoms with Crippen LogP contribution in [-0.4, -0.2) is 24.7 Å². The van der Waals surface area contributed by atoms with E-state index < -0.39 is 11.4 Å². The highest BCUT2D eigenvalue weighted by Gasteiger charge is 2.24. The van der Waals surface area contributed by atoms with E-state index in [1.165, 1.54) is 5.56 Å². The van der Waals surface area contributed by atoms with Crippen LogP contribution in [0.3, 0.4) is 0 Å². The molecule has 94 valence electrons. The van der Waals surface area contributed by atoms with E-state index in [4.69, 9.17) is 16.2 Å². The average Bonchev–Trinajstić information content (AvgIpc) is 2.29. The Balaban J connectivity index is 2.15. The molecule has 17 heavy (non-hydrogen) atoms. The monoisotopic (exact) mass is 236 g/mol. The van der Waals surface area contributed by atoms with Crippen LogP contribution in [-0.2, 0) is 16.0 Å². The number of carbonyl (C=O) groups is 1. The van der Waals surface area contributed by atoms with Crippen molar-refractivity contribution in [3.05, 3.63) is 35.9 Å². The molecule has 1 rings (SSSR count). The first-order valence-corrected chi connectivity index (χ1v) is 5.73. The summed E-state index contributed by atoms with van der Waals surface area (Å²) in [6.45, 7) is 2.69. The van der Waals surface area contributed by atoms with Gasteiger partial charge in [-0.05, 0) is 25.3 Å². The summed E-state index contributed by atoms with van der Waals surface area (Å²) in [5.74, 6) is -0.496. The van der Waals surface area contributed by atoms with Crippen molar-refractivity contribution in [1.82, 2.24) is 0 Å². The number of hydrogen-bond acceptors (Lipinski definition) is 3. The molecule has 0 heterocycles. The van der Waals surface area contributed by atoms with E-state index in [0.717, 1.165) is 6.42 Å². The van der Waals surface area contributed by atoms with E-state index in [2.05, 4.69) is 12.1 Å². The lowest BCUT2D eigenvalue weighted by Gasteiger charge is -2.19. The number of hydrogen-bond donors (Lipinski definition) is 2. The Hall–Kier alpha value is -1.39. The molecule has 4 nitrogen and oxygen atoms in total. The van der Waals surface area contributed by atoms with Crippen molar-refractivity contribution < 1.29 is 9.53 Å². The lowest BCUT2D eigenvalue weighted by atomic mass is 9.99. The maximum atomic E-state index is 10.9. The smallest absolute Gasteiger partial charge is 0.237 e. The number of benzene rings is 1. The Morgan fingerprint density at radius 1 is 1.29 bits per heavy atom. The topological polar surface area (TPSA) is 78.3 Å². The van der Waals surface area contributed by atoms with Crippen LogP contribution in [0.15, 0.2) is 30.3 Å². The zero-order valence-corrected chi connectivity index (χ0v) is 10.2. The molecule has 4 N–H and O–H groups in total. The van der Waals surface area contributed by atoms with E-state index in [0.29, 0.717) is 19.6 Å². The van der Waals surface area contributed by atoms with Crippen molar-refractivity contribution in [3.63, 3.8) is 0 Å². The largest absolute Gasteiger partial charge is 0.381 e. The first kappa shape index (κ1) is 13.7. The van der Waals surface area contributed by atoms with Crippen molar-refractivity contribution in [2.45, 2.75) is 25.3 Å². The minimum Gasteiger partial charge on any atom is -0.381 e. The van der Waals surface area contributed by atoms with Crippen molar-refractivity contribution >= 4 is 5.91 Å². The highest BCUT2D eigenvalue weighted by molar-refractivity contribution is 5.83. The normalized spacial score (nSPS) is 14.2. The van der Waals surface area contributed by atoms with Gasteiger partial charge in [-0.25, -0.2) is 0 Å². The van der Waals surface area contributed by atoms with E-state index >= 15 is 0 Å². The molecule has 0 saturated carbocycles. The van der Waals surface area contributed by atoms with Gasteiger partial charge in [0.15, 0.2) is 0 Å². The molecule has 0 fully saturated rings. The van der Waals surface area contributed by atoms with Crippen LogP contribution in [0.25, 0.3) is 0 Å². The molecule has 4 heteroatoms. The molecule has 1 aromatic rings. The van der Waals surface area contributed by atoms with E-state index in [9.17, 15) is 4.79 Å². The molecule has 0 bridgehead atoms. The molecule has 0 spiro atoms. The van der Waals surface area contributed by atoms with Gasteiger partial charge in [-0.1, -0.05) is 30.3 Å². The maximum absolute atomic E-state index is 10.9. The van der Waals surface area contributed by atoms with Gasteiger partial charge in [0, 0.05) is 6.61 Å². The number of ether oxygens (including phenoxy) is 1. The summed E-state index contributed by atoms with van der Waals surface area (Å²) in [7, 11) is 0. The van der Waals surface area contributed by atoms with Crippen LogP contribution in [0.1, 0.15) is 18.9 Å². The van der Waals surface area contributed by atoms with E-state index in [1.54, 1.807) is 6.92 Å². The number of primary amides is 1. The summed E-state index contributed by atoms with van der Waals surface area (Å²) in [4.78, 5) is 10.9. The third kappa shape index (κ3) is 4.97. The van der Waals surface area contributed by atoms with Crippen LogP contribution in [0.5, 0.6) is 0 Å². The molecule has 0 aliphatic rings. The van der Waals surface area contributed by atoms with Gasteiger partial charge < -0.3 is 16.2 Å². The molecule has 1 aromatic carbocycles. The van der Waals surface area contributed by atoms with Gasteiger partial charge in [-0.2, -0.15) is 0 Å². The average molecular weight is 236 g/mol. The quantitative estimate of drug-likeness (QED) is 0.688. The van der Waals surface area contributed by atoms with Gasteiger partial charge in [-0.15, -0.1) is 0 Å². The second-order valence-corrected chi connectivity index (χ2v) is 4.38. The standard InChI is InChI=1S/C13H20N2O2/c1-13(15,12(14)16)8-10-17-9-7-11-5-3-2-4-6-11/h2-6H,7-10,15H2,1H3,(H2,14,16).